The monoisotopic (exact) mass is 444 g/mol. The zero-order valence-electron chi connectivity index (χ0n) is 19.7. The van der Waals surface area contributed by atoms with Crippen LogP contribution in [0.15, 0.2) is 45.4 Å². The third-order valence-electron chi connectivity index (χ3n) is 7.11. The highest BCUT2D eigenvalue weighted by molar-refractivity contribution is 7.89. The summed E-state index contributed by atoms with van der Waals surface area (Å²) in [5, 5.41) is 16.4. The van der Waals surface area contributed by atoms with Crippen LogP contribution in [0.2, 0.25) is 0 Å². The van der Waals surface area contributed by atoms with Gasteiger partial charge in [0.05, 0.1) is 16.2 Å². The van der Waals surface area contributed by atoms with Crippen molar-refractivity contribution in [2.75, 3.05) is 0 Å². The molecule has 31 heavy (non-hydrogen) atoms. The van der Waals surface area contributed by atoms with E-state index in [1.807, 2.05) is 6.92 Å². The Morgan fingerprint density at radius 2 is 1.55 bits per heavy atom. The normalized spacial score (nSPS) is 33.2. The van der Waals surface area contributed by atoms with E-state index >= 15 is 0 Å². The Labute approximate surface area is 187 Å². The van der Waals surface area contributed by atoms with E-state index in [0.29, 0.717) is 25.0 Å². The Hall–Kier alpha value is -1.66. The number of nitrogens with zero attached hydrogens (tertiary/aromatic N) is 1. The molecule has 2 N–H and O–H groups in total. The van der Waals surface area contributed by atoms with Gasteiger partial charge in [-0.05, 0) is 73.8 Å². The van der Waals surface area contributed by atoms with Crippen LogP contribution in [-0.2, 0) is 10.0 Å². The van der Waals surface area contributed by atoms with Crippen molar-refractivity contribution in [1.82, 2.24) is 4.83 Å². The Bertz CT molecular complexity index is 1070. The molecule has 0 amide bonds. The quantitative estimate of drug-likeness (QED) is 0.637. The number of benzene rings is 1. The number of aliphatic hydroxyl groups is 1. The maximum atomic E-state index is 12.9. The molecule has 5 nitrogen and oxygen atoms in total. The maximum absolute atomic E-state index is 12.9. The number of sulfonamides is 1. The van der Waals surface area contributed by atoms with Gasteiger partial charge in [-0.2, -0.15) is 18.4 Å². The second kappa shape index (κ2) is 6.92. The SMILES string of the molecule is Cc1ccc(S(=O)(=O)N/N=C2\CC(C)(C)CC3=C2C2(O)CC(C)(C)CC(C)(C3)C2)cc1. The zero-order valence-corrected chi connectivity index (χ0v) is 20.5. The number of hydrogen-bond donors (Lipinski definition) is 2. The van der Waals surface area contributed by atoms with E-state index in [9.17, 15) is 13.5 Å². The minimum atomic E-state index is -3.77. The molecule has 1 saturated carbocycles. The molecule has 0 heterocycles. The van der Waals surface area contributed by atoms with E-state index in [1.54, 1.807) is 24.3 Å². The fraction of sp³-hybridized carbons (Fsp3) is 0.640. The average Bonchev–Trinajstić information content (AvgIpc) is 2.55. The van der Waals surface area contributed by atoms with Gasteiger partial charge in [-0.25, -0.2) is 0 Å². The number of hydrazone groups is 1. The molecule has 6 heteroatoms. The highest BCUT2D eigenvalue weighted by atomic mass is 32.2. The molecule has 4 rings (SSSR count). The first-order valence-corrected chi connectivity index (χ1v) is 12.7. The van der Waals surface area contributed by atoms with Gasteiger partial charge in [0.1, 0.15) is 0 Å². The fourth-order valence-electron chi connectivity index (χ4n) is 6.86. The molecule has 2 unspecified atom stereocenters. The van der Waals surface area contributed by atoms with Crippen LogP contribution in [-0.4, -0.2) is 24.8 Å². The van der Waals surface area contributed by atoms with Crippen molar-refractivity contribution in [2.45, 2.75) is 90.6 Å². The van der Waals surface area contributed by atoms with Crippen LogP contribution in [0, 0.1) is 23.2 Å². The zero-order chi connectivity index (χ0) is 22.9. The summed E-state index contributed by atoms with van der Waals surface area (Å²) in [6, 6.07) is 6.74. The molecular weight excluding hydrogens is 408 g/mol. The van der Waals surface area contributed by atoms with Gasteiger partial charge in [0.25, 0.3) is 10.0 Å². The summed E-state index contributed by atoms with van der Waals surface area (Å²) >= 11 is 0. The first-order chi connectivity index (χ1) is 14.1. The topological polar surface area (TPSA) is 78.8 Å². The molecule has 1 aromatic carbocycles. The summed E-state index contributed by atoms with van der Waals surface area (Å²) in [5.41, 5.74) is 2.98. The van der Waals surface area contributed by atoms with Crippen molar-refractivity contribution in [3.8, 4) is 0 Å². The van der Waals surface area contributed by atoms with Crippen molar-refractivity contribution in [3.05, 3.63) is 41.0 Å². The standard InChI is InChI=1S/C25H36N2O3S/c1-17-7-9-19(10-8-17)31(29,30)27-26-20-13-22(2,3)11-18-12-24(6)14-23(4,5)15-25(28,16-24)21(18)20/h7-10,27-28H,11-16H2,1-6H3/b26-20+. The first kappa shape index (κ1) is 22.5. The Morgan fingerprint density at radius 1 is 0.903 bits per heavy atom. The number of rotatable bonds is 3. The van der Waals surface area contributed by atoms with E-state index in [4.69, 9.17) is 0 Å². The predicted molar refractivity (Wildman–Crippen MR) is 124 cm³/mol. The molecule has 3 aliphatic rings. The molecule has 3 aliphatic carbocycles. The lowest BCUT2D eigenvalue weighted by molar-refractivity contribution is -0.0754. The first-order valence-electron chi connectivity index (χ1n) is 11.2. The highest BCUT2D eigenvalue weighted by Gasteiger charge is 2.56. The summed E-state index contributed by atoms with van der Waals surface area (Å²) in [4.78, 5) is 2.67. The summed E-state index contributed by atoms with van der Waals surface area (Å²) in [5.74, 6) is 0. The molecule has 0 aromatic heterocycles. The summed E-state index contributed by atoms with van der Waals surface area (Å²) in [7, 11) is -3.77. The number of aryl methyl sites for hydroxylation is 1. The molecule has 170 valence electrons. The maximum Gasteiger partial charge on any atom is 0.276 e. The van der Waals surface area contributed by atoms with Crippen LogP contribution in [0.4, 0.5) is 0 Å². The van der Waals surface area contributed by atoms with Gasteiger partial charge >= 0.3 is 0 Å². The Kier molecular flexibility index (Phi) is 5.03. The van der Waals surface area contributed by atoms with Crippen molar-refractivity contribution in [2.24, 2.45) is 21.3 Å². The predicted octanol–water partition coefficient (Wildman–Crippen LogP) is 5.10. The van der Waals surface area contributed by atoms with Crippen LogP contribution in [0.3, 0.4) is 0 Å². The molecule has 0 saturated heterocycles. The molecular formula is C25H36N2O3S. The number of hydrogen-bond acceptors (Lipinski definition) is 4. The largest absolute Gasteiger partial charge is 0.385 e. The minimum absolute atomic E-state index is 0.0269. The van der Waals surface area contributed by atoms with Crippen molar-refractivity contribution in [1.29, 1.82) is 0 Å². The molecule has 1 aromatic rings. The number of allylic oxidation sites excluding steroid dienone is 1. The molecule has 0 spiro atoms. The van der Waals surface area contributed by atoms with E-state index in [1.165, 1.54) is 5.57 Å². The smallest absolute Gasteiger partial charge is 0.276 e. The lowest BCUT2D eigenvalue weighted by atomic mass is 9.49. The molecule has 0 aliphatic heterocycles. The number of nitrogens with one attached hydrogen (secondary N) is 1. The van der Waals surface area contributed by atoms with E-state index in [0.717, 1.165) is 30.4 Å². The molecule has 0 radical (unpaired) electrons. The summed E-state index contributed by atoms with van der Waals surface area (Å²) in [6.07, 6.45) is 4.99. The molecule has 2 atom stereocenters. The molecule has 2 bridgehead atoms. The summed E-state index contributed by atoms with van der Waals surface area (Å²) in [6.45, 7) is 13.1. The van der Waals surface area contributed by atoms with Crippen molar-refractivity contribution in [3.63, 3.8) is 0 Å². The van der Waals surface area contributed by atoms with Crippen LogP contribution in [0.25, 0.3) is 0 Å². The van der Waals surface area contributed by atoms with Gasteiger partial charge in [0.2, 0.25) is 0 Å². The van der Waals surface area contributed by atoms with Crippen LogP contribution >= 0.6 is 0 Å². The van der Waals surface area contributed by atoms with Crippen LogP contribution in [0.5, 0.6) is 0 Å². The fourth-order valence-corrected chi connectivity index (χ4v) is 7.69. The van der Waals surface area contributed by atoms with Gasteiger partial charge in [0, 0.05) is 5.57 Å². The Morgan fingerprint density at radius 3 is 2.19 bits per heavy atom. The van der Waals surface area contributed by atoms with E-state index < -0.39 is 15.6 Å². The van der Waals surface area contributed by atoms with Gasteiger partial charge in [-0.15, -0.1) is 0 Å². The van der Waals surface area contributed by atoms with Gasteiger partial charge < -0.3 is 5.11 Å². The minimum Gasteiger partial charge on any atom is -0.385 e. The third kappa shape index (κ3) is 4.34. The lowest BCUT2D eigenvalue weighted by Gasteiger charge is -2.57. The second-order valence-electron chi connectivity index (χ2n) is 12.2. The molecule has 1 fully saturated rings. The van der Waals surface area contributed by atoms with Crippen LogP contribution in [0.1, 0.15) is 78.7 Å². The third-order valence-corrected chi connectivity index (χ3v) is 8.34. The van der Waals surface area contributed by atoms with Gasteiger partial charge in [0.15, 0.2) is 0 Å². The number of fused-ring (bicyclic) bond motifs is 3. The Balaban J connectivity index is 1.76. The van der Waals surface area contributed by atoms with Gasteiger partial charge in [-0.3, -0.25) is 0 Å². The highest BCUT2D eigenvalue weighted by Crippen LogP contribution is 2.61. The summed E-state index contributed by atoms with van der Waals surface area (Å²) < 4.78 is 25.7. The lowest BCUT2D eigenvalue weighted by Crippen LogP contribution is -2.54. The van der Waals surface area contributed by atoms with E-state index in [-0.39, 0.29) is 21.1 Å². The van der Waals surface area contributed by atoms with Crippen molar-refractivity contribution < 1.29 is 13.5 Å². The van der Waals surface area contributed by atoms with Gasteiger partial charge in [-0.1, -0.05) is 57.9 Å². The van der Waals surface area contributed by atoms with Crippen LogP contribution < -0.4 is 4.83 Å². The average molecular weight is 445 g/mol. The second-order valence-corrected chi connectivity index (χ2v) is 13.8. The van der Waals surface area contributed by atoms with Crippen molar-refractivity contribution >= 4 is 15.7 Å². The van der Waals surface area contributed by atoms with E-state index in [2.05, 4.69) is 44.6 Å².